The average molecular weight is 385 g/mol. The monoisotopic (exact) mass is 384 g/mol. The molecule has 1 saturated heterocycles. The maximum atomic E-state index is 13.5. The third-order valence-corrected chi connectivity index (χ3v) is 7.79. The summed E-state index contributed by atoms with van der Waals surface area (Å²) in [6.45, 7) is 8.27. The molecular weight excluding hydrogens is 360 g/mol. The first-order valence-electron chi connectivity index (χ1n) is 9.03. The molecule has 0 N–H and O–H groups in total. The Morgan fingerprint density at radius 1 is 0.889 bits per heavy atom. The molecule has 0 aromatic heterocycles. The van der Waals surface area contributed by atoms with Crippen LogP contribution < -0.4 is 0 Å². The van der Waals surface area contributed by atoms with Crippen LogP contribution in [0.25, 0.3) is 0 Å². The first-order valence-corrected chi connectivity index (χ1v) is 10.5. The van der Waals surface area contributed by atoms with Gasteiger partial charge in [-0.2, -0.15) is 4.31 Å². The molecule has 0 saturated carbocycles. The number of nitrogens with zero attached hydrogens (tertiary/aromatic N) is 2. The predicted molar refractivity (Wildman–Crippen MR) is 105 cm³/mol. The third-order valence-electron chi connectivity index (χ3n) is 5.71. The van der Waals surface area contributed by atoms with Crippen LogP contribution in [-0.2, 0) is 20.3 Å². The zero-order valence-corrected chi connectivity index (χ0v) is 16.8. The van der Waals surface area contributed by atoms with Crippen molar-refractivity contribution in [2.24, 2.45) is 4.99 Å². The van der Waals surface area contributed by atoms with Crippen LogP contribution in [0.15, 0.2) is 70.6 Å². The van der Waals surface area contributed by atoms with E-state index in [2.05, 4.69) is 0 Å². The van der Waals surface area contributed by atoms with Gasteiger partial charge in [-0.05, 0) is 45.4 Å². The Labute approximate surface area is 160 Å². The summed E-state index contributed by atoms with van der Waals surface area (Å²) in [7, 11) is -3.73. The van der Waals surface area contributed by atoms with E-state index in [9.17, 15) is 8.42 Å². The van der Waals surface area contributed by atoms with Crippen molar-refractivity contribution >= 4 is 15.9 Å². The number of aliphatic imine (C=N–C) groups is 1. The van der Waals surface area contributed by atoms with E-state index >= 15 is 0 Å². The lowest BCUT2D eigenvalue weighted by Crippen LogP contribution is -2.31. The minimum absolute atomic E-state index is 0.272. The quantitative estimate of drug-likeness (QED) is 0.757. The summed E-state index contributed by atoms with van der Waals surface area (Å²) >= 11 is 0. The summed E-state index contributed by atoms with van der Waals surface area (Å²) in [6.07, 6.45) is 0. The van der Waals surface area contributed by atoms with Crippen molar-refractivity contribution in [2.75, 3.05) is 6.61 Å². The lowest BCUT2D eigenvalue weighted by atomic mass is 9.89. The molecule has 2 aromatic carbocycles. The van der Waals surface area contributed by atoms with Gasteiger partial charge in [-0.1, -0.05) is 48.5 Å². The molecule has 142 valence electrons. The molecule has 2 aliphatic heterocycles. The van der Waals surface area contributed by atoms with Gasteiger partial charge >= 0.3 is 0 Å². The first-order chi connectivity index (χ1) is 12.6. The van der Waals surface area contributed by atoms with Crippen LogP contribution in [0.1, 0.15) is 33.3 Å². The van der Waals surface area contributed by atoms with Gasteiger partial charge in [0, 0.05) is 0 Å². The lowest BCUT2D eigenvalue weighted by molar-refractivity contribution is 0.266. The topological polar surface area (TPSA) is 58.7 Å². The molecule has 4 rings (SSSR count). The van der Waals surface area contributed by atoms with Crippen LogP contribution in [0.4, 0.5) is 0 Å². The Hall–Kier alpha value is -2.18. The fourth-order valence-electron chi connectivity index (χ4n) is 4.05. The van der Waals surface area contributed by atoms with E-state index in [0.717, 1.165) is 5.56 Å². The molecule has 27 heavy (non-hydrogen) atoms. The van der Waals surface area contributed by atoms with Gasteiger partial charge in [0.1, 0.15) is 12.1 Å². The van der Waals surface area contributed by atoms with Gasteiger partial charge < -0.3 is 4.74 Å². The first kappa shape index (κ1) is 18.2. The van der Waals surface area contributed by atoms with Gasteiger partial charge in [0.05, 0.1) is 16.0 Å². The molecule has 0 bridgehead atoms. The van der Waals surface area contributed by atoms with Gasteiger partial charge in [0.25, 0.3) is 0 Å². The minimum Gasteiger partial charge on any atom is -0.477 e. The molecule has 2 aromatic rings. The van der Waals surface area contributed by atoms with E-state index in [1.807, 2.05) is 64.1 Å². The van der Waals surface area contributed by atoms with E-state index in [0.29, 0.717) is 12.5 Å². The predicted octanol–water partition coefficient (Wildman–Crippen LogP) is 3.57. The third kappa shape index (κ3) is 2.47. The van der Waals surface area contributed by atoms with Crippen LogP contribution >= 0.6 is 0 Å². The maximum Gasteiger partial charge on any atom is 0.245 e. The highest BCUT2D eigenvalue weighted by molar-refractivity contribution is 7.89. The van der Waals surface area contributed by atoms with E-state index < -0.39 is 21.1 Å². The van der Waals surface area contributed by atoms with Crippen LogP contribution in [-0.4, -0.2) is 36.3 Å². The van der Waals surface area contributed by atoms with Gasteiger partial charge in [-0.25, -0.2) is 13.4 Å². The Morgan fingerprint density at radius 3 is 1.96 bits per heavy atom. The van der Waals surface area contributed by atoms with Crippen molar-refractivity contribution in [3.8, 4) is 0 Å². The average Bonchev–Trinajstić information content (AvgIpc) is 2.96. The van der Waals surface area contributed by atoms with Crippen molar-refractivity contribution in [2.45, 2.75) is 49.2 Å². The summed E-state index contributed by atoms with van der Waals surface area (Å²) in [6, 6.07) is 18.2. The summed E-state index contributed by atoms with van der Waals surface area (Å²) in [5, 5.41) is 0. The van der Waals surface area contributed by atoms with Crippen molar-refractivity contribution in [3.05, 3.63) is 66.2 Å². The molecule has 5 nitrogen and oxygen atoms in total. The lowest BCUT2D eigenvalue weighted by Gasteiger charge is -2.14. The molecule has 0 amide bonds. The highest BCUT2D eigenvalue weighted by Crippen LogP contribution is 2.63. The van der Waals surface area contributed by atoms with E-state index in [4.69, 9.17) is 9.73 Å². The fraction of sp³-hybridized carbons (Fsp3) is 0.381. The molecule has 0 spiro atoms. The molecule has 2 heterocycles. The zero-order chi connectivity index (χ0) is 19.5. The fourth-order valence-corrected chi connectivity index (χ4v) is 6.22. The van der Waals surface area contributed by atoms with Gasteiger partial charge in [-0.3, -0.25) is 0 Å². The number of sulfonamides is 1. The van der Waals surface area contributed by atoms with Gasteiger partial charge in [-0.15, -0.1) is 0 Å². The summed E-state index contributed by atoms with van der Waals surface area (Å²) in [4.78, 5) is 4.99. The Morgan fingerprint density at radius 2 is 1.44 bits per heavy atom. The number of ether oxygens (including phenoxy) is 1. The largest absolute Gasteiger partial charge is 0.477 e. The molecule has 1 fully saturated rings. The molecule has 0 aliphatic carbocycles. The highest BCUT2D eigenvalue weighted by Gasteiger charge is 2.79. The van der Waals surface area contributed by atoms with Crippen LogP contribution in [0, 0.1) is 0 Å². The highest BCUT2D eigenvalue weighted by atomic mass is 32.2. The summed E-state index contributed by atoms with van der Waals surface area (Å²) < 4.78 is 34.5. The molecule has 1 unspecified atom stereocenters. The Kier molecular flexibility index (Phi) is 3.81. The maximum absolute atomic E-state index is 13.5. The molecule has 6 heteroatoms. The zero-order valence-electron chi connectivity index (χ0n) is 16.0. The van der Waals surface area contributed by atoms with Crippen molar-refractivity contribution in [1.82, 2.24) is 4.31 Å². The smallest absolute Gasteiger partial charge is 0.245 e. The molecular formula is C21H24N2O3S. The van der Waals surface area contributed by atoms with Crippen LogP contribution in [0.5, 0.6) is 0 Å². The second-order valence-electron chi connectivity index (χ2n) is 8.11. The molecule has 3 atom stereocenters. The standard InChI is InChI=1S/C21H24N2O3S/c1-19(2)15-26-18(22-19)21(4)20(3,16-11-7-5-8-12-16)23(21)27(24,25)17-13-9-6-10-14-17/h5-14H,15H2,1-4H3/t20-,21-,23?/m0/s1. The Bertz CT molecular complexity index is 1000. The second-order valence-corrected chi connectivity index (χ2v) is 9.90. The second kappa shape index (κ2) is 5.66. The number of hydrogen-bond acceptors (Lipinski definition) is 4. The van der Waals surface area contributed by atoms with E-state index in [1.165, 1.54) is 4.31 Å². The van der Waals surface area contributed by atoms with Gasteiger partial charge in [0.2, 0.25) is 15.9 Å². The van der Waals surface area contributed by atoms with E-state index in [-0.39, 0.29) is 10.4 Å². The normalized spacial score (nSPS) is 31.9. The number of hydrogen-bond donors (Lipinski definition) is 0. The van der Waals surface area contributed by atoms with Crippen molar-refractivity contribution in [1.29, 1.82) is 0 Å². The SMILES string of the molecule is CC1(C)COC([C@]2(C)N(S(=O)(=O)c3ccccc3)[C@@]2(C)c2ccccc2)=N1. The molecule has 0 radical (unpaired) electrons. The van der Waals surface area contributed by atoms with Crippen molar-refractivity contribution < 1.29 is 13.2 Å². The van der Waals surface area contributed by atoms with Crippen LogP contribution in [0.3, 0.4) is 0 Å². The number of benzene rings is 2. The molecule has 2 aliphatic rings. The van der Waals surface area contributed by atoms with Crippen LogP contribution in [0.2, 0.25) is 0 Å². The summed E-state index contributed by atoms with van der Waals surface area (Å²) in [5.41, 5.74) is -1.09. The minimum atomic E-state index is -3.73. The van der Waals surface area contributed by atoms with Crippen molar-refractivity contribution in [3.63, 3.8) is 0 Å². The number of rotatable bonds is 4. The summed E-state index contributed by atoms with van der Waals surface area (Å²) in [5.74, 6) is 0.485. The van der Waals surface area contributed by atoms with Gasteiger partial charge in [0.15, 0.2) is 0 Å². The Balaban J connectivity index is 1.89. The van der Waals surface area contributed by atoms with E-state index in [1.54, 1.807) is 24.3 Å².